The van der Waals surface area contributed by atoms with Gasteiger partial charge in [0.15, 0.2) is 9.84 Å². The molecule has 0 aromatic heterocycles. The van der Waals surface area contributed by atoms with Crippen molar-refractivity contribution in [2.75, 3.05) is 31.1 Å². The highest BCUT2D eigenvalue weighted by Gasteiger charge is 2.37. The maximum atomic E-state index is 11.7. The summed E-state index contributed by atoms with van der Waals surface area (Å²) in [6.45, 7) is 11.7. The number of rotatable bonds is 4. The van der Waals surface area contributed by atoms with Crippen LogP contribution in [0.4, 0.5) is 0 Å². The molecule has 4 nitrogen and oxygen atoms in total. The van der Waals surface area contributed by atoms with Crippen molar-refractivity contribution in [3.63, 3.8) is 0 Å². The van der Waals surface area contributed by atoms with E-state index in [-0.39, 0.29) is 6.04 Å². The largest absolute Gasteiger partial charge is 0.314 e. The third-order valence-corrected chi connectivity index (χ3v) is 7.05. The van der Waals surface area contributed by atoms with Crippen LogP contribution < -0.4 is 5.32 Å². The maximum Gasteiger partial charge on any atom is 0.153 e. The second kappa shape index (κ2) is 6.55. The van der Waals surface area contributed by atoms with Gasteiger partial charge >= 0.3 is 0 Å². The quantitative estimate of drug-likeness (QED) is 0.861. The van der Waals surface area contributed by atoms with Crippen LogP contribution in [0.2, 0.25) is 0 Å². The zero-order valence-electron chi connectivity index (χ0n) is 14.1. The Morgan fingerprint density at radius 2 is 2.05 bits per heavy atom. The number of nitrogens with one attached hydrogen (secondary N) is 1. The molecule has 0 amide bonds. The van der Waals surface area contributed by atoms with E-state index in [9.17, 15) is 8.42 Å². The molecule has 2 aliphatic rings. The molecule has 1 N–H and O–H groups in total. The fraction of sp³-hybridized carbons (Fsp3) is 1.00. The Hall–Kier alpha value is -0.130. The van der Waals surface area contributed by atoms with Crippen LogP contribution in [0, 0.1) is 11.3 Å². The molecule has 1 heterocycles. The molecule has 1 saturated carbocycles. The summed E-state index contributed by atoms with van der Waals surface area (Å²) in [5, 5.41) is 3.65. The standard InChI is InChI=1S/C16H32N2O2S/c1-5-17-15-6-7-16(3,4)10-14(15)11-18-8-9-21(19,20)12-13(18)2/h13-15,17H,5-12H2,1-4H3. The normalized spacial score (nSPS) is 36.5. The van der Waals surface area contributed by atoms with Crippen LogP contribution in [0.5, 0.6) is 0 Å². The minimum absolute atomic E-state index is 0.163. The average molecular weight is 317 g/mol. The molecule has 0 aromatic carbocycles. The summed E-state index contributed by atoms with van der Waals surface area (Å²) in [7, 11) is -2.81. The highest BCUT2D eigenvalue weighted by atomic mass is 32.2. The van der Waals surface area contributed by atoms with Gasteiger partial charge in [0.2, 0.25) is 0 Å². The number of sulfone groups is 1. The van der Waals surface area contributed by atoms with Gasteiger partial charge < -0.3 is 5.32 Å². The Balaban J connectivity index is 2.01. The summed E-state index contributed by atoms with van der Waals surface area (Å²) in [6.07, 6.45) is 3.76. The summed E-state index contributed by atoms with van der Waals surface area (Å²) >= 11 is 0. The Morgan fingerprint density at radius 3 is 2.67 bits per heavy atom. The molecule has 1 aliphatic heterocycles. The second-order valence-corrected chi connectivity index (χ2v) is 10.0. The predicted molar refractivity (Wildman–Crippen MR) is 88.3 cm³/mol. The summed E-state index contributed by atoms with van der Waals surface area (Å²) in [4.78, 5) is 2.40. The fourth-order valence-electron chi connectivity index (χ4n) is 4.06. The first-order valence-corrected chi connectivity index (χ1v) is 10.2. The van der Waals surface area contributed by atoms with Crippen LogP contribution in [0.15, 0.2) is 0 Å². The van der Waals surface area contributed by atoms with Crippen molar-refractivity contribution in [2.24, 2.45) is 11.3 Å². The lowest BCUT2D eigenvalue weighted by Crippen LogP contribution is -2.53. The minimum Gasteiger partial charge on any atom is -0.314 e. The van der Waals surface area contributed by atoms with Gasteiger partial charge in [-0.3, -0.25) is 4.90 Å². The van der Waals surface area contributed by atoms with Crippen LogP contribution in [0.25, 0.3) is 0 Å². The van der Waals surface area contributed by atoms with E-state index >= 15 is 0 Å². The van der Waals surface area contributed by atoms with E-state index in [0.29, 0.717) is 35.4 Å². The van der Waals surface area contributed by atoms with Crippen LogP contribution in [-0.2, 0) is 9.84 Å². The molecule has 5 heteroatoms. The molecule has 3 unspecified atom stereocenters. The van der Waals surface area contributed by atoms with E-state index in [0.717, 1.165) is 13.1 Å². The van der Waals surface area contributed by atoms with Crippen LogP contribution in [0.3, 0.4) is 0 Å². The van der Waals surface area contributed by atoms with E-state index in [4.69, 9.17) is 0 Å². The van der Waals surface area contributed by atoms with Crippen molar-refractivity contribution in [1.82, 2.24) is 10.2 Å². The molecule has 0 aromatic rings. The monoisotopic (exact) mass is 316 g/mol. The molecular formula is C16H32N2O2S. The molecule has 0 bridgehead atoms. The summed E-state index contributed by atoms with van der Waals surface area (Å²) in [5.74, 6) is 1.30. The summed E-state index contributed by atoms with van der Waals surface area (Å²) in [5.41, 5.74) is 0.418. The van der Waals surface area contributed by atoms with Crippen LogP contribution in [0.1, 0.15) is 47.0 Å². The predicted octanol–water partition coefficient (Wildman–Crippen LogP) is 1.91. The highest BCUT2D eigenvalue weighted by molar-refractivity contribution is 7.91. The number of hydrogen-bond acceptors (Lipinski definition) is 4. The Bertz CT molecular complexity index is 447. The van der Waals surface area contributed by atoms with Crippen LogP contribution >= 0.6 is 0 Å². The molecule has 2 fully saturated rings. The first kappa shape index (κ1) is 17.2. The van der Waals surface area contributed by atoms with Gasteiger partial charge in [0.05, 0.1) is 11.5 Å². The lowest BCUT2D eigenvalue weighted by molar-refractivity contribution is 0.0896. The summed E-state index contributed by atoms with van der Waals surface area (Å²) in [6, 6.07) is 0.754. The van der Waals surface area contributed by atoms with Crippen molar-refractivity contribution in [2.45, 2.75) is 59.0 Å². The van der Waals surface area contributed by atoms with E-state index in [2.05, 4.69) is 37.9 Å². The number of nitrogens with zero attached hydrogens (tertiary/aromatic N) is 1. The van der Waals surface area contributed by atoms with Crippen molar-refractivity contribution < 1.29 is 8.42 Å². The SMILES string of the molecule is CCNC1CCC(C)(C)CC1CN1CCS(=O)(=O)CC1C. The number of hydrogen-bond donors (Lipinski definition) is 1. The van der Waals surface area contributed by atoms with Gasteiger partial charge in [-0.15, -0.1) is 0 Å². The van der Waals surface area contributed by atoms with Gasteiger partial charge in [-0.2, -0.15) is 0 Å². The molecule has 124 valence electrons. The molecule has 1 saturated heterocycles. The van der Waals surface area contributed by atoms with Gasteiger partial charge in [-0.05, 0) is 44.1 Å². The molecule has 0 radical (unpaired) electrons. The third kappa shape index (κ3) is 4.67. The molecular weight excluding hydrogens is 284 g/mol. The van der Waals surface area contributed by atoms with Gasteiger partial charge in [0.25, 0.3) is 0 Å². The molecule has 21 heavy (non-hydrogen) atoms. The van der Waals surface area contributed by atoms with E-state index in [1.54, 1.807) is 0 Å². The van der Waals surface area contributed by atoms with E-state index in [1.807, 2.05) is 0 Å². The van der Waals surface area contributed by atoms with E-state index in [1.165, 1.54) is 19.3 Å². The minimum atomic E-state index is -2.81. The molecule has 0 spiro atoms. The Morgan fingerprint density at radius 1 is 1.33 bits per heavy atom. The highest BCUT2D eigenvalue weighted by Crippen LogP contribution is 2.39. The zero-order chi connectivity index (χ0) is 15.7. The zero-order valence-corrected chi connectivity index (χ0v) is 14.9. The van der Waals surface area contributed by atoms with Crippen molar-refractivity contribution >= 4 is 9.84 Å². The van der Waals surface area contributed by atoms with Crippen molar-refractivity contribution in [1.29, 1.82) is 0 Å². The van der Waals surface area contributed by atoms with Gasteiger partial charge in [0.1, 0.15) is 0 Å². The first-order valence-electron chi connectivity index (χ1n) is 8.40. The topological polar surface area (TPSA) is 49.4 Å². The average Bonchev–Trinajstić information content (AvgIpc) is 2.35. The van der Waals surface area contributed by atoms with Gasteiger partial charge in [-0.1, -0.05) is 20.8 Å². The summed E-state index contributed by atoms with van der Waals surface area (Å²) < 4.78 is 23.5. The van der Waals surface area contributed by atoms with E-state index < -0.39 is 9.84 Å². The lowest BCUT2D eigenvalue weighted by atomic mass is 9.69. The Kier molecular flexibility index (Phi) is 5.37. The second-order valence-electron chi connectivity index (χ2n) is 7.79. The van der Waals surface area contributed by atoms with Crippen molar-refractivity contribution in [3.05, 3.63) is 0 Å². The first-order chi connectivity index (χ1) is 9.72. The molecule has 3 atom stereocenters. The van der Waals surface area contributed by atoms with Gasteiger partial charge in [-0.25, -0.2) is 8.42 Å². The fourth-order valence-corrected chi connectivity index (χ4v) is 5.69. The molecule has 1 aliphatic carbocycles. The van der Waals surface area contributed by atoms with Crippen LogP contribution in [-0.4, -0.2) is 56.5 Å². The van der Waals surface area contributed by atoms with Gasteiger partial charge in [0, 0.05) is 25.2 Å². The third-order valence-electron chi connectivity index (χ3n) is 5.26. The van der Waals surface area contributed by atoms with Crippen molar-refractivity contribution in [3.8, 4) is 0 Å². The Labute approximate surface area is 130 Å². The molecule has 2 rings (SSSR count). The maximum absolute atomic E-state index is 11.7. The smallest absolute Gasteiger partial charge is 0.153 e. The lowest BCUT2D eigenvalue weighted by Gasteiger charge is -2.45.